The fourth-order valence-corrected chi connectivity index (χ4v) is 2.79. The number of nitrogens with zero attached hydrogens (tertiary/aromatic N) is 3. The highest BCUT2D eigenvalue weighted by molar-refractivity contribution is 5.73. The van der Waals surface area contributed by atoms with Crippen molar-refractivity contribution in [2.75, 3.05) is 6.54 Å². The Bertz CT molecular complexity index is 633. The Morgan fingerprint density at radius 1 is 1.33 bits per heavy atom. The number of benzene rings is 1. The molecule has 1 N–H and O–H groups in total. The van der Waals surface area contributed by atoms with E-state index in [-0.39, 0.29) is 6.04 Å². The van der Waals surface area contributed by atoms with Crippen LogP contribution in [0.1, 0.15) is 24.1 Å². The molecule has 1 aliphatic rings. The van der Waals surface area contributed by atoms with Crippen molar-refractivity contribution in [3.63, 3.8) is 0 Å². The topological polar surface area (TPSA) is 58.4 Å². The van der Waals surface area contributed by atoms with E-state index < -0.39 is 5.97 Å². The first-order valence-corrected chi connectivity index (χ1v) is 7.22. The van der Waals surface area contributed by atoms with Crippen molar-refractivity contribution in [1.82, 2.24) is 14.7 Å². The van der Waals surface area contributed by atoms with E-state index >= 15 is 0 Å². The fourth-order valence-electron chi connectivity index (χ4n) is 2.79. The van der Waals surface area contributed by atoms with Crippen molar-refractivity contribution in [2.24, 2.45) is 0 Å². The molecule has 1 aromatic carbocycles. The highest BCUT2D eigenvalue weighted by Gasteiger charge is 2.30. The molecule has 1 aliphatic heterocycles. The van der Waals surface area contributed by atoms with Gasteiger partial charge in [-0.3, -0.25) is 9.69 Å². The second-order valence-electron chi connectivity index (χ2n) is 5.55. The summed E-state index contributed by atoms with van der Waals surface area (Å²) in [6.45, 7) is 3.47. The fraction of sp³-hybridized carbons (Fsp3) is 0.375. The van der Waals surface area contributed by atoms with Gasteiger partial charge in [-0.1, -0.05) is 17.7 Å². The summed E-state index contributed by atoms with van der Waals surface area (Å²) in [5.74, 6) is -0.731. The van der Waals surface area contributed by atoms with Crippen molar-refractivity contribution in [2.45, 2.75) is 32.4 Å². The molecule has 0 spiro atoms. The van der Waals surface area contributed by atoms with Crippen LogP contribution >= 0.6 is 0 Å². The predicted molar refractivity (Wildman–Crippen MR) is 79.4 cm³/mol. The third-order valence-corrected chi connectivity index (χ3v) is 3.96. The van der Waals surface area contributed by atoms with Gasteiger partial charge in [-0.2, -0.15) is 5.10 Å². The summed E-state index contributed by atoms with van der Waals surface area (Å²) < 4.78 is 1.83. The minimum absolute atomic E-state index is 0.366. The van der Waals surface area contributed by atoms with Gasteiger partial charge in [0, 0.05) is 12.7 Å². The summed E-state index contributed by atoms with van der Waals surface area (Å²) in [4.78, 5) is 13.2. The second kappa shape index (κ2) is 5.69. The quantitative estimate of drug-likeness (QED) is 0.936. The average Bonchev–Trinajstić information content (AvgIpc) is 3.09. The maximum Gasteiger partial charge on any atom is 0.320 e. The van der Waals surface area contributed by atoms with Crippen molar-refractivity contribution in [1.29, 1.82) is 0 Å². The van der Waals surface area contributed by atoms with Crippen LogP contribution in [0.25, 0.3) is 5.69 Å². The number of aromatic nitrogens is 2. The van der Waals surface area contributed by atoms with Crippen LogP contribution in [0.3, 0.4) is 0 Å². The number of aliphatic carboxylic acids is 1. The Morgan fingerprint density at radius 2 is 2.10 bits per heavy atom. The number of likely N-dealkylation sites (tertiary alicyclic amines) is 1. The minimum Gasteiger partial charge on any atom is -0.480 e. The monoisotopic (exact) mass is 285 g/mol. The van der Waals surface area contributed by atoms with Gasteiger partial charge in [0.2, 0.25) is 0 Å². The van der Waals surface area contributed by atoms with E-state index in [1.807, 2.05) is 34.0 Å². The lowest BCUT2D eigenvalue weighted by atomic mass is 10.2. The van der Waals surface area contributed by atoms with Gasteiger partial charge < -0.3 is 5.11 Å². The predicted octanol–water partition coefficient (Wildman–Crippen LogP) is 2.23. The lowest BCUT2D eigenvalue weighted by molar-refractivity contribution is -0.142. The summed E-state index contributed by atoms with van der Waals surface area (Å²) in [5, 5.41) is 13.8. The third-order valence-electron chi connectivity index (χ3n) is 3.96. The smallest absolute Gasteiger partial charge is 0.320 e. The largest absolute Gasteiger partial charge is 0.480 e. The van der Waals surface area contributed by atoms with Crippen molar-refractivity contribution >= 4 is 5.97 Å². The van der Waals surface area contributed by atoms with Gasteiger partial charge in [0.25, 0.3) is 0 Å². The molecule has 0 aliphatic carbocycles. The highest BCUT2D eigenvalue weighted by Crippen LogP contribution is 2.20. The minimum atomic E-state index is -0.731. The summed E-state index contributed by atoms with van der Waals surface area (Å²) in [6, 6.07) is 9.76. The number of aryl methyl sites for hydroxylation is 1. The molecule has 0 unspecified atom stereocenters. The zero-order valence-corrected chi connectivity index (χ0v) is 12.1. The van der Waals surface area contributed by atoms with Crippen LogP contribution in [0.2, 0.25) is 0 Å². The van der Waals surface area contributed by atoms with Crippen LogP contribution in [0.15, 0.2) is 36.5 Å². The van der Waals surface area contributed by atoms with Crippen molar-refractivity contribution < 1.29 is 9.90 Å². The first kappa shape index (κ1) is 13.8. The standard InChI is InChI=1S/C16H19N3O2/c1-12-4-6-14(7-5-12)19-10-8-13(17-19)11-18-9-2-3-15(18)16(20)21/h4-8,10,15H,2-3,9,11H2,1H3,(H,20,21)/t15-/m0/s1. The Balaban J connectivity index is 1.73. The number of carboxylic acid groups (broad SMARTS) is 1. The number of hydrogen-bond donors (Lipinski definition) is 1. The van der Waals surface area contributed by atoms with Crippen molar-refractivity contribution in [3.8, 4) is 5.69 Å². The van der Waals surface area contributed by atoms with Crippen LogP contribution in [-0.2, 0) is 11.3 Å². The van der Waals surface area contributed by atoms with Gasteiger partial charge in [0.05, 0.1) is 11.4 Å². The Morgan fingerprint density at radius 3 is 2.81 bits per heavy atom. The number of carboxylic acids is 1. The van der Waals surface area contributed by atoms with Gasteiger partial charge in [-0.05, 0) is 44.5 Å². The maximum absolute atomic E-state index is 11.2. The molecular weight excluding hydrogens is 266 g/mol. The molecule has 5 nitrogen and oxygen atoms in total. The molecule has 0 radical (unpaired) electrons. The summed E-state index contributed by atoms with van der Waals surface area (Å²) in [5.41, 5.74) is 3.14. The summed E-state index contributed by atoms with van der Waals surface area (Å²) >= 11 is 0. The molecule has 110 valence electrons. The van der Waals surface area contributed by atoms with Gasteiger partial charge in [-0.25, -0.2) is 4.68 Å². The van der Waals surface area contributed by atoms with E-state index in [0.717, 1.165) is 30.8 Å². The van der Waals surface area contributed by atoms with Crippen LogP contribution in [0, 0.1) is 6.92 Å². The van der Waals surface area contributed by atoms with Crippen LogP contribution in [0.5, 0.6) is 0 Å². The Labute approximate surface area is 123 Å². The second-order valence-corrected chi connectivity index (χ2v) is 5.55. The third kappa shape index (κ3) is 2.97. The van der Waals surface area contributed by atoms with E-state index in [1.54, 1.807) is 0 Å². The first-order chi connectivity index (χ1) is 10.1. The molecule has 0 saturated carbocycles. The van der Waals surface area contributed by atoms with Gasteiger partial charge in [-0.15, -0.1) is 0 Å². The molecule has 3 rings (SSSR count). The zero-order valence-electron chi connectivity index (χ0n) is 12.1. The maximum atomic E-state index is 11.2. The normalized spacial score (nSPS) is 19.0. The molecule has 21 heavy (non-hydrogen) atoms. The van der Waals surface area contributed by atoms with E-state index in [4.69, 9.17) is 0 Å². The van der Waals surface area contributed by atoms with Crippen molar-refractivity contribution in [3.05, 3.63) is 47.8 Å². The van der Waals surface area contributed by atoms with Gasteiger partial charge >= 0.3 is 5.97 Å². The molecule has 1 saturated heterocycles. The zero-order chi connectivity index (χ0) is 14.8. The first-order valence-electron chi connectivity index (χ1n) is 7.22. The SMILES string of the molecule is Cc1ccc(-n2ccc(CN3CCC[C@H]3C(=O)O)n2)cc1. The summed E-state index contributed by atoms with van der Waals surface area (Å²) in [7, 11) is 0. The number of carbonyl (C=O) groups is 1. The van der Waals surface area contributed by atoms with E-state index in [2.05, 4.69) is 24.2 Å². The van der Waals surface area contributed by atoms with Crippen LogP contribution in [0.4, 0.5) is 0 Å². The molecule has 1 atom stereocenters. The molecular formula is C16H19N3O2. The van der Waals surface area contributed by atoms with Gasteiger partial charge in [0.15, 0.2) is 0 Å². The molecule has 5 heteroatoms. The van der Waals surface area contributed by atoms with E-state index in [1.165, 1.54) is 5.56 Å². The summed E-state index contributed by atoms with van der Waals surface area (Å²) in [6.07, 6.45) is 3.59. The number of rotatable bonds is 4. The molecule has 1 fully saturated rings. The molecule has 2 aromatic rings. The average molecular weight is 285 g/mol. The molecule has 2 heterocycles. The number of hydrogen-bond acceptors (Lipinski definition) is 3. The van der Waals surface area contributed by atoms with E-state index in [9.17, 15) is 9.90 Å². The van der Waals surface area contributed by atoms with Crippen LogP contribution in [-0.4, -0.2) is 38.3 Å². The lowest BCUT2D eigenvalue weighted by Gasteiger charge is -2.19. The molecule has 0 bridgehead atoms. The Hall–Kier alpha value is -2.14. The van der Waals surface area contributed by atoms with Crippen LogP contribution < -0.4 is 0 Å². The molecule has 1 aromatic heterocycles. The lowest BCUT2D eigenvalue weighted by Crippen LogP contribution is -2.35. The van der Waals surface area contributed by atoms with E-state index in [0.29, 0.717) is 6.54 Å². The molecule has 0 amide bonds. The highest BCUT2D eigenvalue weighted by atomic mass is 16.4. The Kier molecular flexibility index (Phi) is 3.75. The van der Waals surface area contributed by atoms with Gasteiger partial charge in [0.1, 0.15) is 6.04 Å².